The Morgan fingerprint density at radius 2 is 1.81 bits per heavy atom. The fraction of sp³-hybridized carbons (Fsp3) is 0.526. The molecule has 1 aliphatic carbocycles. The fourth-order valence-electron chi connectivity index (χ4n) is 4.05. The van der Waals surface area contributed by atoms with E-state index in [1.807, 2.05) is 0 Å². The number of carbonyl (C=O) groups is 3. The highest BCUT2D eigenvalue weighted by molar-refractivity contribution is 6.10. The molecular weight excluding hydrogens is 356 g/mol. The van der Waals surface area contributed by atoms with E-state index in [1.165, 1.54) is 15.9 Å². The molecule has 1 aromatic carbocycles. The van der Waals surface area contributed by atoms with Gasteiger partial charge in [-0.25, -0.2) is 13.6 Å². The fourth-order valence-corrected chi connectivity index (χ4v) is 4.05. The molecule has 1 aromatic rings. The SMILES string of the molecule is CCN(C(=O)CN1C(=O)N(C)C2(CCCCC2)C1=O)c1ccc(F)c(F)c1. The van der Waals surface area contributed by atoms with Gasteiger partial charge >= 0.3 is 6.03 Å². The molecule has 1 saturated carbocycles. The highest BCUT2D eigenvalue weighted by Crippen LogP contribution is 2.39. The van der Waals surface area contributed by atoms with Crippen LogP contribution >= 0.6 is 0 Å². The van der Waals surface area contributed by atoms with E-state index < -0.39 is 35.7 Å². The largest absolute Gasteiger partial charge is 0.327 e. The van der Waals surface area contributed by atoms with Gasteiger partial charge in [0.15, 0.2) is 11.6 Å². The molecule has 8 heteroatoms. The summed E-state index contributed by atoms with van der Waals surface area (Å²) in [5, 5.41) is 0. The van der Waals surface area contributed by atoms with Crippen LogP contribution in [-0.4, -0.2) is 53.3 Å². The smallest absolute Gasteiger partial charge is 0.313 e. The first-order chi connectivity index (χ1) is 12.8. The van der Waals surface area contributed by atoms with Gasteiger partial charge in [-0.1, -0.05) is 19.3 Å². The summed E-state index contributed by atoms with van der Waals surface area (Å²) in [5.41, 5.74) is -0.671. The number of likely N-dealkylation sites (N-methyl/N-ethyl adjacent to an activating group) is 2. The minimum Gasteiger partial charge on any atom is -0.313 e. The molecule has 27 heavy (non-hydrogen) atoms. The normalized spacial score (nSPS) is 19.1. The summed E-state index contributed by atoms with van der Waals surface area (Å²) in [7, 11) is 1.60. The topological polar surface area (TPSA) is 60.9 Å². The standard InChI is InChI=1S/C19H23F2N3O3/c1-3-23(13-7-8-14(20)15(21)11-13)16(25)12-24-17(26)19(22(2)18(24)27)9-5-4-6-10-19/h7-8,11H,3-6,9-10,12H2,1-2H3. The maximum absolute atomic E-state index is 13.5. The van der Waals surface area contributed by atoms with Gasteiger partial charge in [-0.3, -0.25) is 14.5 Å². The zero-order chi connectivity index (χ0) is 19.8. The number of carbonyl (C=O) groups excluding carboxylic acids is 3. The first-order valence-electron chi connectivity index (χ1n) is 9.17. The molecule has 4 amide bonds. The number of rotatable bonds is 4. The number of benzene rings is 1. The van der Waals surface area contributed by atoms with Crippen LogP contribution in [0, 0.1) is 11.6 Å². The molecule has 0 unspecified atom stereocenters. The van der Waals surface area contributed by atoms with Crippen molar-refractivity contribution in [3.8, 4) is 0 Å². The van der Waals surface area contributed by atoms with E-state index in [0.717, 1.165) is 36.3 Å². The van der Waals surface area contributed by atoms with Crippen molar-refractivity contribution in [3.05, 3.63) is 29.8 Å². The summed E-state index contributed by atoms with van der Waals surface area (Å²) in [6.45, 7) is 1.46. The first kappa shape index (κ1) is 19.3. The van der Waals surface area contributed by atoms with E-state index in [1.54, 1.807) is 14.0 Å². The summed E-state index contributed by atoms with van der Waals surface area (Å²) in [5.74, 6) is -2.93. The number of anilines is 1. The average molecular weight is 379 g/mol. The van der Waals surface area contributed by atoms with Crippen LogP contribution in [0.25, 0.3) is 0 Å². The van der Waals surface area contributed by atoms with Crippen LogP contribution < -0.4 is 4.90 Å². The molecule has 0 atom stereocenters. The minimum atomic E-state index is -1.06. The Morgan fingerprint density at radius 3 is 2.41 bits per heavy atom. The third-order valence-electron chi connectivity index (χ3n) is 5.61. The Labute approximate surface area is 156 Å². The van der Waals surface area contributed by atoms with Crippen molar-refractivity contribution in [2.24, 2.45) is 0 Å². The average Bonchev–Trinajstić information content (AvgIpc) is 2.82. The number of amides is 4. The van der Waals surface area contributed by atoms with Crippen LogP contribution in [-0.2, 0) is 9.59 Å². The lowest BCUT2D eigenvalue weighted by Crippen LogP contribution is -2.49. The molecule has 1 aliphatic heterocycles. The Hall–Kier alpha value is -2.51. The second kappa shape index (κ2) is 7.25. The van der Waals surface area contributed by atoms with E-state index in [0.29, 0.717) is 12.8 Å². The Kier molecular flexibility index (Phi) is 5.17. The van der Waals surface area contributed by atoms with Crippen LogP contribution in [0.2, 0.25) is 0 Å². The molecular formula is C19H23F2N3O3. The van der Waals surface area contributed by atoms with E-state index in [2.05, 4.69) is 0 Å². The van der Waals surface area contributed by atoms with E-state index in [4.69, 9.17) is 0 Å². The number of imide groups is 1. The molecule has 1 heterocycles. The minimum absolute atomic E-state index is 0.182. The molecule has 3 rings (SSSR count). The van der Waals surface area contributed by atoms with Crippen molar-refractivity contribution in [1.82, 2.24) is 9.80 Å². The van der Waals surface area contributed by atoms with Gasteiger partial charge in [0.25, 0.3) is 5.91 Å². The summed E-state index contributed by atoms with van der Waals surface area (Å²) in [6.07, 6.45) is 3.94. The van der Waals surface area contributed by atoms with Crippen LogP contribution in [0.15, 0.2) is 18.2 Å². The zero-order valence-corrected chi connectivity index (χ0v) is 15.5. The third-order valence-corrected chi connectivity index (χ3v) is 5.61. The van der Waals surface area contributed by atoms with E-state index in [9.17, 15) is 23.2 Å². The van der Waals surface area contributed by atoms with Gasteiger partial charge in [0.05, 0.1) is 0 Å². The molecule has 146 valence electrons. The maximum Gasteiger partial charge on any atom is 0.327 e. The monoisotopic (exact) mass is 379 g/mol. The molecule has 1 spiro atoms. The molecule has 0 bridgehead atoms. The molecule has 1 saturated heterocycles. The molecule has 0 aromatic heterocycles. The van der Waals surface area contributed by atoms with Crippen molar-refractivity contribution in [2.75, 3.05) is 25.0 Å². The van der Waals surface area contributed by atoms with E-state index >= 15 is 0 Å². The quantitative estimate of drug-likeness (QED) is 0.756. The highest BCUT2D eigenvalue weighted by Gasteiger charge is 2.56. The Bertz CT molecular complexity index is 777. The summed E-state index contributed by atoms with van der Waals surface area (Å²) >= 11 is 0. The van der Waals surface area contributed by atoms with Gasteiger partial charge in [0.1, 0.15) is 12.1 Å². The predicted octanol–water partition coefficient (Wildman–Crippen LogP) is 2.91. The van der Waals surface area contributed by atoms with Crippen LogP contribution in [0.1, 0.15) is 39.0 Å². The van der Waals surface area contributed by atoms with Gasteiger partial charge in [0.2, 0.25) is 5.91 Å². The molecule has 0 N–H and O–H groups in total. The second-order valence-corrected chi connectivity index (χ2v) is 7.06. The highest BCUT2D eigenvalue weighted by atomic mass is 19.2. The third kappa shape index (κ3) is 3.17. The zero-order valence-electron chi connectivity index (χ0n) is 15.5. The van der Waals surface area contributed by atoms with Crippen molar-refractivity contribution in [3.63, 3.8) is 0 Å². The number of urea groups is 1. The lowest BCUT2D eigenvalue weighted by molar-refractivity contribution is -0.136. The van der Waals surface area contributed by atoms with Crippen LogP contribution in [0.4, 0.5) is 19.3 Å². The van der Waals surface area contributed by atoms with E-state index in [-0.39, 0.29) is 18.1 Å². The molecule has 2 aliphatic rings. The van der Waals surface area contributed by atoms with Crippen molar-refractivity contribution in [2.45, 2.75) is 44.6 Å². The second-order valence-electron chi connectivity index (χ2n) is 7.06. The van der Waals surface area contributed by atoms with Gasteiger partial charge < -0.3 is 9.80 Å². The van der Waals surface area contributed by atoms with Crippen molar-refractivity contribution in [1.29, 1.82) is 0 Å². The molecule has 0 radical (unpaired) electrons. The molecule has 2 fully saturated rings. The van der Waals surface area contributed by atoms with Gasteiger partial charge in [-0.15, -0.1) is 0 Å². The lowest BCUT2D eigenvalue weighted by Gasteiger charge is -2.35. The van der Waals surface area contributed by atoms with Crippen LogP contribution in [0.3, 0.4) is 0 Å². The maximum atomic E-state index is 13.5. The van der Waals surface area contributed by atoms with Crippen LogP contribution in [0.5, 0.6) is 0 Å². The van der Waals surface area contributed by atoms with Gasteiger partial charge in [0, 0.05) is 25.3 Å². The van der Waals surface area contributed by atoms with Crippen molar-refractivity contribution >= 4 is 23.5 Å². The molecule has 6 nitrogen and oxygen atoms in total. The van der Waals surface area contributed by atoms with Crippen molar-refractivity contribution < 1.29 is 23.2 Å². The summed E-state index contributed by atoms with van der Waals surface area (Å²) < 4.78 is 26.7. The van der Waals surface area contributed by atoms with Gasteiger partial charge in [-0.05, 0) is 31.9 Å². The van der Waals surface area contributed by atoms with Gasteiger partial charge in [-0.2, -0.15) is 0 Å². The number of hydrogen-bond donors (Lipinski definition) is 0. The Morgan fingerprint density at radius 1 is 1.15 bits per heavy atom. The summed E-state index contributed by atoms with van der Waals surface area (Å²) in [6, 6.07) is 2.68. The predicted molar refractivity (Wildman–Crippen MR) is 95.1 cm³/mol. The number of halogens is 2. The Balaban J connectivity index is 1.80. The number of hydrogen-bond acceptors (Lipinski definition) is 3. The lowest BCUT2D eigenvalue weighted by atomic mass is 9.81. The summed E-state index contributed by atoms with van der Waals surface area (Å²) in [4.78, 5) is 42.0. The first-order valence-corrected chi connectivity index (χ1v) is 9.17. The number of nitrogens with zero attached hydrogens (tertiary/aromatic N) is 3.